The number of aliphatic hydroxyl groups is 1. The first-order chi connectivity index (χ1) is 4.62. The largest absolute Gasteiger partial charge is 0.368 e. The summed E-state index contributed by atoms with van der Waals surface area (Å²) in [6.45, 7) is 3.50. The Hall–Kier alpha value is -0.600. The Morgan fingerprint density at radius 1 is 1.40 bits per heavy atom. The van der Waals surface area contributed by atoms with Crippen molar-refractivity contribution >= 4 is 0 Å². The summed E-state index contributed by atoms with van der Waals surface area (Å²) in [5.41, 5.74) is -0.395. The molecule has 1 unspecified atom stereocenters. The molecule has 1 aliphatic rings. The molecule has 0 heterocycles. The molecule has 2 nitrogen and oxygen atoms in total. The van der Waals surface area contributed by atoms with Gasteiger partial charge >= 0.3 is 0 Å². The van der Waals surface area contributed by atoms with E-state index in [4.69, 9.17) is 9.84 Å². The van der Waals surface area contributed by atoms with E-state index in [1.807, 2.05) is 31.2 Å². The molecule has 1 aliphatic carbocycles. The van der Waals surface area contributed by atoms with Gasteiger partial charge in [-0.15, -0.1) is 0 Å². The molecule has 0 aliphatic heterocycles. The van der Waals surface area contributed by atoms with Gasteiger partial charge in [0.05, 0.1) is 0 Å². The van der Waals surface area contributed by atoms with Gasteiger partial charge < -0.3 is 9.84 Å². The first-order valence-corrected chi connectivity index (χ1v) is 3.35. The molecule has 0 aromatic rings. The van der Waals surface area contributed by atoms with Crippen LogP contribution in [-0.4, -0.2) is 17.0 Å². The fourth-order valence-corrected chi connectivity index (χ4v) is 0.995. The minimum atomic E-state index is -0.711. The fourth-order valence-electron chi connectivity index (χ4n) is 0.995. The van der Waals surface area contributed by atoms with Crippen molar-refractivity contribution in [3.8, 4) is 0 Å². The number of hydrogen-bond acceptors (Lipinski definition) is 2. The zero-order chi connectivity index (χ0) is 7.61. The molecule has 2 heteroatoms. The van der Waals surface area contributed by atoms with E-state index in [1.54, 1.807) is 6.92 Å². The van der Waals surface area contributed by atoms with Crippen LogP contribution in [0.1, 0.15) is 13.8 Å². The predicted octanol–water partition coefficient (Wildman–Crippen LogP) is 1.23. The number of aliphatic hydroxyl groups excluding tert-OH is 1. The zero-order valence-corrected chi connectivity index (χ0v) is 6.24. The molecular weight excluding hydrogens is 128 g/mol. The lowest BCUT2D eigenvalue weighted by atomic mass is 10.1. The molecule has 0 aromatic carbocycles. The summed E-state index contributed by atoms with van der Waals surface area (Å²) in [7, 11) is 0. The summed E-state index contributed by atoms with van der Waals surface area (Å²) in [6.07, 6.45) is 6.90. The van der Waals surface area contributed by atoms with Crippen LogP contribution in [-0.2, 0) is 4.74 Å². The van der Waals surface area contributed by atoms with E-state index in [1.165, 1.54) is 0 Å². The third kappa shape index (κ3) is 1.69. The maximum Gasteiger partial charge on any atom is 0.153 e. The quantitative estimate of drug-likeness (QED) is 0.584. The van der Waals surface area contributed by atoms with Gasteiger partial charge in [0.1, 0.15) is 5.60 Å². The van der Waals surface area contributed by atoms with Crippen molar-refractivity contribution in [2.24, 2.45) is 0 Å². The van der Waals surface area contributed by atoms with Crippen molar-refractivity contribution in [2.45, 2.75) is 25.7 Å². The van der Waals surface area contributed by atoms with Crippen LogP contribution in [0.4, 0.5) is 0 Å². The Bertz CT molecular complexity index is 156. The number of rotatable bonds is 2. The van der Waals surface area contributed by atoms with Gasteiger partial charge in [-0.2, -0.15) is 0 Å². The average Bonchev–Trinajstić information content (AvgIpc) is 2.12. The van der Waals surface area contributed by atoms with Crippen LogP contribution in [0.2, 0.25) is 0 Å². The molecule has 10 heavy (non-hydrogen) atoms. The molecule has 1 rings (SSSR count). The second-order valence-electron chi connectivity index (χ2n) is 2.62. The van der Waals surface area contributed by atoms with Gasteiger partial charge in [-0.1, -0.05) is 12.2 Å². The molecule has 0 radical (unpaired) electrons. The average molecular weight is 140 g/mol. The second-order valence-corrected chi connectivity index (χ2v) is 2.62. The van der Waals surface area contributed by atoms with Gasteiger partial charge in [-0.05, 0) is 26.0 Å². The van der Waals surface area contributed by atoms with Crippen LogP contribution >= 0.6 is 0 Å². The van der Waals surface area contributed by atoms with E-state index >= 15 is 0 Å². The van der Waals surface area contributed by atoms with Crippen LogP contribution in [0.3, 0.4) is 0 Å². The topological polar surface area (TPSA) is 29.5 Å². The lowest BCUT2D eigenvalue weighted by Crippen LogP contribution is -2.26. The first kappa shape index (κ1) is 7.51. The minimum absolute atomic E-state index is 0.395. The minimum Gasteiger partial charge on any atom is -0.368 e. The summed E-state index contributed by atoms with van der Waals surface area (Å²) < 4.78 is 5.18. The maximum atomic E-state index is 8.89. The molecule has 0 aromatic heterocycles. The summed E-state index contributed by atoms with van der Waals surface area (Å²) in [4.78, 5) is 0. The number of hydrogen-bond donors (Lipinski definition) is 1. The summed E-state index contributed by atoms with van der Waals surface area (Å²) in [5.74, 6) is 0. The molecule has 1 N–H and O–H groups in total. The molecule has 0 spiro atoms. The lowest BCUT2D eigenvalue weighted by Gasteiger charge is -2.22. The maximum absolute atomic E-state index is 8.89. The molecule has 0 bridgehead atoms. The predicted molar refractivity (Wildman–Crippen MR) is 39.5 cm³/mol. The van der Waals surface area contributed by atoms with Crippen molar-refractivity contribution in [2.75, 3.05) is 0 Å². The molecule has 0 amide bonds. The zero-order valence-electron chi connectivity index (χ0n) is 6.24. The summed E-state index contributed by atoms with van der Waals surface area (Å²) in [5, 5.41) is 8.89. The van der Waals surface area contributed by atoms with Crippen LogP contribution in [0.25, 0.3) is 0 Å². The summed E-state index contributed by atoms with van der Waals surface area (Å²) in [6, 6.07) is 0. The van der Waals surface area contributed by atoms with E-state index < -0.39 is 11.9 Å². The van der Waals surface area contributed by atoms with Crippen molar-refractivity contribution in [1.82, 2.24) is 0 Å². The third-order valence-electron chi connectivity index (χ3n) is 1.39. The van der Waals surface area contributed by atoms with E-state index in [0.717, 1.165) is 0 Å². The Morgan fingerprint density at radius 3 is 2.30 bits per heavy atom. The SMILES string of the molecule is CC(O)OC1(C)C=CC=C1. The van der Waals surface area contributed by atoms with Gasteiger partial charge in [-0.3, -0.25) is 0 Å². The standard InChI is InChI=1S/C8H12O2/c1-7(9)10-8(2)5-3-4-6-8/h3-7,9H,1-2H3. The highest BCUT2D eigenvalue weighted by Gasteiger charge is 2.21. The normalized spacial score (nSPS) is 23.5. The van der Waals surface area contributed by atoms with Gasteiger partial charge in [0.15, 0.2) is 6.29 Å². The van der Waals surface area contributed by atoms with Crippen LogP contribution < -0.4 is 0 Å². The van der Waals surface area contributed by atoms with Crippen molar-refractivity contribution in [3.05, 3.63) is 24.3 Å². The molecule has 1 atom stereocenters. The highest BCUT2D eigenvalue weighted by molar-refractivity contribution is 5.26. The number of ether oxygens (including phenoxy) is 1. The first-order valence-electron chi connectivity index (χ1n) is 3.35. The molecular formula is C8H12O2. The molecule has 56 valence electrons. The highest BCUT2D eigenvalue weighted by atomic mass is 16.6. The second kappa shape index (κ2) is 2.56. The Kier molecular flexibility index (Phi) is 1.92. The van der Waals surface area contributed by atoms with E-state index in [0.29, 0.717) is 0 Å². The van der Waals surface area contributed by atoms with Crippen molar-refractivity contribution in [1.29, 1.82) is 0 Å². The van der Waals surface area contributed by atoms with Gasteiger partial charge in [0.2, 0.25) is 0 Å². The number of allylic oxidation sites excluding steroid dienone is 2. The van der Waals surface area contributed by atoms with Crippen molar-refractivity contribution < 1.29 is 9.84 Å². The van der Waals surface area contributed by atoms with Crippen LogP contribution in [0.5, 0.6) is 0 Å². The van der Waals surface area contributed by atoms with Gasteiger partial charge in [-0.25, -0.2) is 0 Å². The van der Waals surface area contributed by atoms with E-state index in [9.17, 15) is 0 Å². The molecule has 0 fully saturated rings. The van der Waals surface area contributed by atoms with E-state index in [-0.39, 0.29) is 0 Å². The molecule has 0 saturated carbocycles. The smallest absolute Gasteiger partial charge is 0.153 e. The lowest BCUT2D eigenvalue weighted by molar-refractivity contribution is -0.131. The Labute approximate surface area is 60.8 Å². The fraction of sp³-hybridized carbons (Fsp3) is 0.500. The molecule has 0 saturated heterocycles. The Morgan fingerprint density at radius 2 is 1.90 bits per heavy atom. The van der Waals surface area contributed by atoms with E-state index in [2.05, 4.69) is 0 Å². The third-order valence-corrected chi connectivity index (χ3v) is 1.39. The van der Waals surface area contributed by atoms with Crippen LogP contribution in [0.15, 0.2) is 24.3 Å². The van der Waals surface area contributed by atoms with Crippen LogP contribution in [0, 0.1) is 0 Å². The van der Waals surface area contributed by atoms with Gasteiger partial charge in [0.25, 0.3) is 0 Å². The monoisotopic (exact) mass is 140 g/mol. The highest BCUT2D eigenvalue weighted by Crippen LogP contribution is 2.20. The Balaban J connectivity index is 2.53. The van der Waals surface area contributed by atoms with Crippen molar-refractivity contribution in [3.63, 3.8) is 0 Å². The summed E-state index contributed by atoms with van der Waals surface area (Å²) >= 11 is 0. The van der Waals surface area contributed by atoms with Gasteiger partial charge in [0, 0.05) is 0 Å².